The van der Waals surface area contributed by atoms with Gasteiger partial charge in [-0.05, 0) is 77.8 Å². The van der Waals surface area contributed by atoms with Crippen molar-refractivity contribution in [2.24, 2.45) is 5.92 Å². The lowest BCUT2D eigenvalue weighted by Gasteiger charge is -2.30. The van der Waals surface area contributed by atoms with Crippen molar-refractivity contribution in [1.82, 2.24) is 40.5 Å². The average molecular weight is 822 g/mol. The molecule has 3 aromatic heterocycles. The number of hydrogen-bond acceptors (Lipinski definition) is 9. The summed E-state index contributed by atoms with van der Waals surface area (Å²) in [4.78, 5) is 76.5. The number of pyridine rings is 1. The van der Waals surface area contributed by atoms with Crippen LogP contribution >= 0.6 is 0 Å². The van der Waals surface area contributed by atoms with Gasteiger partial charge < -0.3 is 35.0 Å². The van der Waals surface area contributed by atoms with Crippen molar-refractivity contribution < 1.29 is 28.7 Å². The Labute approximate surface area is 352 Å². The number of amides is 4. The maximum atomic E-state index is 13.9. The molecular weight excluding hydrogens is 775 g/mol. The van der Waals surface area contributed by atoms with Crippen LogP contribution in [0.2, 0.25) is 0 Å². The van der Waals surface area contributed by atoms with Crippen molar-refractivity contribution in [3.8, 4) is 33.8 Å². The number of methoxy groups -OCH3 is 2. The molecule has 0 spiro atoms. The highest BCUT2D eigenvalue weighted by Crippen LogP contribution is 2.45. The molecule has 0 unspecified atom stereocenters. The van der Waals surface area contributed by atoms with Crippen LogP contribution in [0.5, 0.6) is 0 Å². The summed E-state index contributed by atoms with van der Waals surface area (Å²) in [5.41, 5.74) is 8.23. The molecular formula is C46H47N9O6. The minimum absolute atomic E-state index is 0.112. The van der Waals surface area contributed by atoms with E-state index in [1.54, 1.807) is 4.90 Å². The number of para-hydroxylation sites is 1. The maximum Gasteiger partial charge on any atom is 0.407 e. The van der Waals surface area contributed by atoms with Gasteiger partial charge in [-0.15, -0.1) is 0 Å². The smallest absolute Gasteiger partial charge is 0.407 e. The highest BCUT2D eigenvalue weighted by atomic mass is 16.5. The largest absolute Gasteiger partial charge is 0.453 e. The second-order valence-electron chi connectivity index (χ2n) is 16.2. The van der Waals surface area contributed by atoms with Gasteiger partial charge in [0.2, 0.25) is 11.8 Å². The van der Waals surface area contributed by atoms with Crippen LogP contribution in [-0.4, -0.2) is 86.7 Å². The normalized spacial score (nSPS) is 18.8. The Morgan fingerprint density at radius 2 is 1.57 bits per heavy atom. The van der Waals surface area contributed by atoms with Crippen LogP contribution in [0.15, 0.2) is 85.3 Å². The number of aryl methyl sites for hydroxylation is 1. The molecule has 0 bridgehead atoms. The summed E-state index contributed by atoms with van der Waals surface area (Å²) in [5, 5.41) is 7.54. The third-order valence-corrected chi connectivity index (χ3v) is 12.1. The van der Waals surface area contributed by atoms with E-state index in [0.29, 0.717) is 37.3 Å². The van der Waals surface area contributed by atoms with Gasteiger partial charge in [0, 0.05) is 42.0 Å². The number of nitrogens with one attached hydrogen (secondary N) is 4. The Kier molecular flexibility index (Phi) is 10.5. The fourth-order valence-corrected chi connectivity index (χ4v) is 8.97. The number of ether oxygens (including phenoxy) is 2. The molecule has 15 heteroatoms. The molecule has 4 N–H and O–H groups in total. The quantitative estimate of drug-likeness (QED) is 0.119. The molecule has 15 nitrogen and oxygen atoms in total. The number of carbonyl (C=O) groups is 4. The number of hydrogen-bond donors (Lipinski definition) is 4. The number of anilines is 1. The molecule has 3 aromatic carbocycles. The summed E-state index contributed by atoms with van der Waals surface area (Å²) >= 11 is 0. The van der Waals surface area contributed by atoms with Crippen molar-refractivity contribution in [2.75, 3.05) is 25.7 Å². The van der Waals surface area contributed by atoms with Crippen molar-refractivity contribution in [3.63, 3.8) is 0 Å². The van der Waals surface area contributed by atoms with Crippen LogP contribution in [0, 0.1) is 5.92 Å². The van der Waals surface area contributed by atoms with Crippen LogP contribution in [0.4, 0.5) is 15.3 Å². The first-order valence-electron chi connectivity index (χ1n) is 20.6. The van der Waals surface area contributed by atoms with Gasteiger partial charge in [-0.25, -0.2) is 19.6 Å². The lowest BCUT2D eigenvalue weighted by molar-refractivity contribution is -0.135. The van der Waals surface area contributed by atoms with E-state index < -0.39 is 24.3 Å². The molecule has 9 rings (SSSR count). The second-order valence-corrected chi connectivity index (χ2v) is 16.2. The Hall–Kier alpha value is -7.03. The van der Waals surface area contributed by atoms with Crippen LogP contribution < -0.4 is 15.5 Å². The van der Waals surface area contributed by atoms with Gasteiger partial charge in [0.15, 0.2) is 0 Å². The molecule has 1 fully saturated rings. The van der Waals surface area contributed by atoms with Gasteiger partial charge in [0.05, 0.1) is 55.3 Å². The van der Waals surface area contributed by atoms with E-state index in [1.165, 1.54) is 14.2 Å². The van der Waals surface area contributed by atoms with E-state index in [0.717, 1.165) is 74.3 Å². The molecule has 1 saturated heterocycles. The number of aromatic amines is 2. The molecule has 6 aromatic rings. The van der Waals surface area contributed by atoms with E-state index in [1.807, 2.05) is 61.6 Å². The summed E-state index contributed by atoms with van der Waals surface area (Å²) < 4.78 is 9.58. The monoisotopic (exact) mass is 821 g/mol. The molecule has 0 aliphatic carbocycles. The third kappa shape index (κ3) is 7.44. The molecule has 4 atom stereocenters. The third-order valence-electron chi connectivity index (χ3n) is 12.1. The van der Waals surface area contributed by atoms with Gasteiger partial charge in [-0.2, -0.15) is 0 Å². The number of aromatic nitrogens is 5. The number of imidazole rings is 2. The van der Waals surface area contributed by atoms with E-state index in [4.69, 9.17) is 24.4 Å². The number of H-pyrrole nitrogens is 2. The SMILES string of the molecule is COC(=O)N[C@H]1CCc2cccc3c2N(C1=O)[C@H](c1nc(-c2ccc(-c4ccc5cc(-c6cnc([C@@H]7CCCN7C(=O)[C@@H](NC(=O)OC)C(C)C)[nH]6)ccc5c4)nc2)c[nH]1)C3. The summed E-state index contributed by atoms with van der Waals surface area (Å²) in [6, 6.07) is 20.6. The van der Waals surface area contributed by atoms with E-state index in [9.17, 15) is 19.2 Å². The lowest BCUT2D eigenvalue weighted by atomic mass is 10.0. The standard InChI is InChI=1S/C46H47N9O6/c1-25(2)39(53-46(59)61-4)44(57)54-18-6-9-37(54)41-48-23-35(50-41)30-13-11-27-19-29(12-10-28(27)20-30)33-16-15-32(22-47-33)36-24-49-42(51-36)38-21-31-8-5-7-26-14-17-34(52-45(58)60-3)43(56)55(38)40(26)31/h5,7-8,10-13,15-16,19-20,22-25,34,37-39H,6,9,14,17-18,21H2,1-4H3,(H,48,50)(H,49,51)(H,52,58)(H,53,59)/t34-,37-,38-,39-/m0/s1. The number of alkyl carbamates (subject to hydrolysis) is 2. The van der Waals surface area contributed by atoms with Crippen molar-refractivity contribution in [1.29, 1.82) is 0 Å². The molecule has 0 saturated carbocycles. The number of likely N-dealkylation sites (tertiary alicyclic amines) is 1. The summed E-state index contributed by atoms with van der Waals surface area (Å²) in [6.07, 6.45) is 7.56. The highest BCUT2D eigenvalue weighted by molar-refractivity contribution is 6.02. The topological polar surface area (TPSA) is 188 Å². The minimum atomic E-state index is -0.710. The number of rotatable bonds is 9. The summed E-state index contributed by atoms with van der Waals surface area (Å²) in [6.45, 7) is 4.39. The van der Waals surface area contributed by atoms with Crippen LogP contribution in [-0.2, 0) is 31.9 Å². The summed E-state index contributed by atoms with van der Waals surface area (Å²) in [5.74, 6) is 0.942. The Morgan fingerprint density at radius 3 is 2.33 bits per heavy atom. The van der Waals surface area contributed by atoms with Gasteiger partial charge in [0.1, 0.15) is 23.7 Å². The van der Waals surface area contributed by atoms with Gasteiger partial charge in [0.25, 0.3) is 0 Å². The van der Waals surface area contributed by atoms with Crippen molar-refractivity contribution in [2.45, 2.75) is 70.1 Å². The molecule has 61 heavy (non-hydrogen) atoms. The van der Waals surface area contributed by atoms with Crippen LogP contribution in [0.25, 0.3) is 44.5 Å². The van der Waals surface area contributed by atoms with Crippen molar-refractivity contribution in [3.05, 3.63) is 108 Å². The highest BCUT2D eigenvalue weighted by Gasteiger charge is 2.43. The zero-order valence-electron chi connectivity index (χ0n) is 34.4. The van der Waals surface area contributed by atoms with E-state index >= 15 is 0 Å². The van der Waals surface area contributed by atoms with Gasteiger partial charge >= 0.3 is 12.2 Å². The molecule has 312 valence electrons. The zero-order chi connectivity index (χ0) is 42.4. The average Bonchev–Trinajstić information content (AvgIpc) is 4.11. The van der Waals surface area contributed by atoms with Crippen molar-refractivity contribution >= 4 is 40.5 Å². The maximum absolute atomic E-state index is 13.9. The lowest BCUT2D eigenvalue weighted by Crippen LogP contribution is -2.51. The summed E-state index contributed by atoms with van der Waals surface area (Å²) in [7, 11) is 2.58. The van der Waals surface area contributed by atoms with E-state index in [-0.39, 0.29) is 29.8 Å². The van der Waals surface area contributed by atoms with Crippen LogP contribution in [0.3, 0.4) is 0 Å². The predicted molar refractivity (Wildman–Crippen MR) is 228 cm³/mol. The Bertz CT molecular complexity index is 2650. The second kappa shape index (κ2) is 16.2. The number of benzene rings is 3. The molecule has 3 aliphatic heterocycles. The fourth-order valence-electron chi connectivity index (χ4n) is 8.97. The Balaban J connectivity index is 0.895. The fraction of sp³-hybridized carbons (Fsp3) is 0.326. The molecule has 3 aliphatic rings. The van der Waals surface area contributed by atoms with Gasteiger partial charge in [-0.3, -0.25) is 19.5 Å². The van der Waals surface area contributed by atoms with Crippen LogP contribution in [0.1, 0.15) is 68.0 Å². The number of fused-ring (bicyclic) bond motifs is 1. The Morgan fingerprint density at radius 1 is 0.820 bits per heavy atom. The molecule has 4 amide bonds. The first-order chi connectivity index (χ1) is 29.6. The number of nitrogens with zero attached hydrogens (tertiary/aromatic N) is 5. The zero-order valence-corrected chi connectivity index (χ0v) is 34.4. The van der Waals surface area contributed by atoms with E-state index in [2.05, 4.69) is 63.1 Å². The first-order valence-corrected chi connectivity index (χ1v) is 20.6. The predicted octanol–water partition coefficient (Wildman–Crippen LogP) is 7.03. The molecule has 6 heterocycles. The number of carbonyl (C=O) groups excluding carboxylic acids is 4. The first kappa shape index (κ1) is 39.4. The molecule has 0 radical (unpaired) electrons. The van der Waals surface area contributed by atoms with Gasteiger partial charge in [-0.1, -0.05) is 56.3 Å². The minimum Gasteiger partial charge on any atom is -0.453 e.